The van der Waals surface area contributed by atoms with E-state index in [2.05, 4.69) is 47.5 Å². The van der Waals surface area contributed by atoms with Gasteiger partial charge in [-0.1, -0.05) is 17.9 Å². The molecule has 7 heterocycles. The van der Waals surface area contributed by atoms with Crippen LogP contribution in [0.1, 0.15) is 90.3 Å². The van der Waals surface area contributed by atoms with E-state index in [1.54, 1.807) is 24.0 Å². The summed E-state index contributed by atoms with van der Waals surface area (Å²) in [5.41, 5.74) is 2.54. The number of nitrogens with one attached hydrogen (secondary N) is 2. The summed E-state index contributed by atoms with van der Waals surface area (Å²) in [6.45, 7) is 6.26. The number of piperidine rings is 1. The molecule has 308 valence electrons. The van der Waals surface area contributed by atoms with E-state index in [4.69, 9.17) is 4.74 Å². The summed E-state index contributed by atoms with van der Waals surface area (Å²) in [6.07, 6.45) is 5.75. The minimum Gasteiger partial charge on any atom is -0.380 e. The number of imide groups is 1. The average Bonchev–Trinajstić information content (AvgIpc) is 3.90. The molecular formula is C41H45F2N11O5. The van der Waals surface area contributed by atoms with E-state index in [1.807, 2.05) is 18.2 Å². The van der Waals surface area contributed by atoms with Crippen molar-refractivity contribution in [3.05, 3.63) is 75.9 Å². The molecule has 3 aliphatic heterocycles. The summed E-state index contributed by atoms with van der Waals surface area (Å²) in [6, 6.07) is 6.56. The SMILES string of the molecule is Cn1c(=O)n(C2CCC(=O)NC2=O)c2cccc(C#CCN3CCN(C[C@H]4CC[C@H](n5cc(NC(=O)c6cnn7ccc(C8COC8)nc67)c(C(F)F)n5)CC4)CC3)c21. The molecule has 4 fully saturated rings. The number of imidazole rings is 1. The minimum absolute atomic E-state index is 0.0101. The van der Waals surface area contributed by atoms with Gasteiger partial charge in [-0.25, -0.2) is 23.1 Å². The van der Waals surface area contributed by atoms with Crippen molar-refractivity contribution in [3.63, 3.8) is 0 Å². The monoisotopic (exact) mass is 809 g/mol. The normalized spacial score (nSPS) is 22.1. The maximum Gasteiger partial charge on any atom is 0.329 e. The predicted octanol–water partition coefficient (Wildman–Crippen LogP) is 3.26. The van der Waals surface area contributed by atoms with Crippen LogP contribution in [0.2, 0.25) is 0 Å². The molecule has 4 aliphatic rings. The average molecular weight is 810 g/mol. The summed E-state index contributed by atoms with van der Waals surface area (Å²) in [4.78, 5) is 60.3. The van der Waals surface area contributed by atoms with Crippen molar-refractivity contribution in [2.45, 2.75) is 63.0 Å². The molecule has 1 atom stereocenters. The highest BCUT2D eigenvalue weighted by molar-refractivity contribution is 6.08. The number of rotatable bonds is 9. The third kappa shape index (κ3) is 7.65. The lowest BCUT2D eigenvalue weighted by Gasteiger charge is -2.37. The molecule has 4 aromatic heterocycles. The van der Waals surface area contributed by atoms with Gasteiger partial charge in [0.15, 0.2) is 11.3 Å². The number of piperazine rings is 1. The summed E-state index contributed by atoms with van der Waals surface area (Å²) < 4.78 is 39.7. The second-order valence-electron chi connectivity index (χ2n) is 16.0. The van der Waals surface area contributed by atoms with E-state index in [1.165, 1.54) is 26.0 Å². The molecule has 18 heteroatoms. The van der Waals surface area contributed by atoms with Gasteiger partial charge in [0.1, 0.15) is 11.6 Å². The Balaban J connectivity index is 0.768. The standard InChI is InChI=1S/C41H45F2N11O5/c1-49-36-26(4-2-6-32(36)54(41(49)58)33-11-12-34(55)47-40(33)57)5-3-14-50-16-18-51(19-17-50)21-25-7-9-28(10-8-25)53-22-31(35(48-53)37(42)43)46-39(56)29-20-44-52-15-13-30(45-38(29)52)27-23-59-24-27/h2,4,6,13,15,20,22,25,27-28,33,37H,7-12,14,16-19,21,23-24H2,1H3,(H,46,56)(H,47,55,57)/t25-,28-,33?. The first kappa shape index (κ1) is 38.7. The number of halogens is 2. The number of aryl methyl sites for hydroxylation is 1. The highest BCUT2D eigenvalue weighted by Gasteiger charge is 2.32. The van der Waals surface area contributed by atoms with Crippen LogP contribution in [0.15, 0.2) is 47.7 Å². The Morgan fingerprint density at radius 3 is 2.54 bits per heavy atom. The number of para-hydroxylation sites is 1. The predicted molar refractivity (Wildman–Crippen MR) is 211 cm³/mol. The number of ether oxygens (including phenoxy) is 1. The summed E-state index contributed by atoms with van der Waals surface area (Å²) in [7, 11) is 1.67. The van der Waals surface area contributed by atoms with Crippen LogP contribution in [0.25, 0.3) is 16.7 Å². The van der Waals surface area contributed by atoms with Gasteiger partial charge in [0.25, 0.3) is 12.3 Å². The van der Waals surface area contributed by atoms with Crippen molar-refractivity contribution in [3.8, 4) is 11.8 Å². The number of fused-ring (bicyclic) bond motifs is 2. The number of hydrogen-bond acceptors (Lipinski definition) is 10. The highest BCUT2D eigenvalue weighted by Crippen LogP contribution is 2.36. The van der Waals surface area contributed by atoms with E-state index in [-0.39, 0.29) is 47.6 Å². The van der Waals surface area contributed by atoms with Gasteiger partial charge in [-0.2, -0.15) is 10.2 Å². The third-order valence-electron chi connectivity index (χ3n) is 12.2. The van der Waals surface area contributed by atoms with Crippen LogP contribution in [0.4, 0.5) is 14.5 Å². The molecule has 1 unspecified atom stereocenters. The highest BCUT2D eigenvalue weighted by atomic mass is 19.3. The van der Waals surface area contributed by atoms with Crippen LogP contribution in [-0.4, -0.2) is 114 Å². The zero-order valence-corrected chi connectivity index (χ0v) is 32.6. The van der Waals surface area contributed by atoms with Gasteiger partial charge in [0, 0.05) is 64.5 Å². The second-order valence-corrected chi connectivity index (χ2v) is 16.0. The number of hydrogen-bond donors (Lipinski definition) is 2. The van der Waals surface area contributed by atoms with Crippen molar-refractivity contribution in [1.82, 2.24) is 48.6 Å². The van der Waals surface area contributed by atoms with Crippen molar-refractivity contribution >= 4 is 40.1 Å². The number of amides is 3. The molecule has 0 spiro atoms. The molecule has 3 amide bonds. The van der Waals surface area contributed by atoms with E-state index in [0.29, 0.717) is 47.9 Å². The summed E-state index contributed by atoms with van der Waals surface area (Å²) >= 11 is 0. The second kappa shape index (κ2) is 16.1. The number of carbonyl (C=O) groups excluding carboxylic acids is 3. The van der Waals surface area contributed by atoms with Gasteiger partial charge in [0.2, 0.25) is 11.8 Å². The number of nitrogens with zero attached hydrogens (tertiary/aromatic N) is 9. The molecule has 16 nitrogen and oxygen atoms in total. The summed E-state index contributed by atoms with van der Waals surface area (Å²) in [5, 5.41) is 13.5. The molecule has 3 saturated heterocycles. The number of benzene rings is 1. The molecule has 1 aromatic carbocycles. The molecule has 5 aromatic rings. The van der Waals surface area contributed by atoms with Gasteiger partial charge in [-0.05, 0) is 56.2 Å². The Kier molecular flexibility index (Phi) is 10.6. The lowest BCUT2D eigenvalue weighted by molar-refractivity contribution is -0.135. The van der Waals surface area contributed by atoms with Crippen LogP contribution in [0.5, 0.6) is 0 Å². The van der Waals surface area contributed by atoms with Gasteiger partial charge < -0.3 is 15.0 Å². The van der Waals surface area contributed by atoms with Gasteiger partial charge >= 0.3 is 5.69 Å². The van der Waals surface area contributed by atoms with Crippen molar-refractivity contribution in [2.75, 3.05) is 57.8 Å². The molecule has 2 N–H and O–H groups in total. The zero-order valence-electron chi connectivity index (χ0n) is 32.6. The Hall–Kier alpha value is -5.77. The number of anilines is 1. The topological polar surface area (TPSA) is 166 Å². The van der Waals surface area contributed by atoms with E-state index in [9.17, 15) is 28.0 Å². The van der Waals surface area contributed by atoms with Crippen LogP contribution < -0.4 is 16.3 Å². The maximum absolute atomic E-state index is 14.2. The largest absolute Gasteiger partial charge is 0.380 e. The third-order valence-corrected chi connectivity index (χ3v) is 12.2. The molecule has 0 bridgehead atoms. The van der Waals surface area contributed by atoms with E-state index in [0.717, 1.165) is 64.1 Å². The number of aromatic nitrogens is 7. The fourth-order valence-corrected chi connectivity index (χ4v) is 8.82. The zero-order chi connectivity index (χ0) is 40.8. The first-order valence-corrected chi connectivity index (χ1v) is 20.2. The van der Waals surface area contributed by atoms with Gasteiger partial charge in [-0.3, -0.25) is 38.4 Å². The quantitative estimate of drug-likeness (QED) is 0.167. The Bertz CT molecular complexity index is 2550. The fraction of sp³-hybridized carbons (Fsp3) is 0.488. The molecule has 59 heavy (non-hydrogen) atoms. The molecule has 9 rings (SSSR count). The lowest BCUT2D eigenvalue weighted by Crippen LogP contribution is -2.48. The first-order chi connectivity index (χ1) is 28.6. The van der Waals surface area contributed by atoms with Crippen LogP contribution in [0, 0.1) is 17.8 Å². The number of carbonyl (C=O) groups is 3. The maximum atomic E-state index is 14.2. The van der Waals surface area contributed by atoms with Gasteiger partial charge in [-0.15, -0.1) is 0 Å². The fourth-order valence-electron chi connectivity index (χ4n) is 8.82. The Morgan fingerprint density at radius 1 is 1.03 bits per heavy atom. The Morgan fingerprint density at radius 2 is 1.81 bits per heavy atom. The van der Waals surface area contributed by atoms with Crippen molar-refractivity contribution < 1.29 is 27.9 Å². The van der Waals surface area contributed by atoms with E-state index < -0.39 is 30.0 Å². The van der Waals surface area contributed by atoms with Gasteiger partial charge in [0.05, 0.1) is 60.0 Å². The van der Waals surface area contributed by atoms with E-state index >= 15 is 0 Å². The Labute approximate surface area is 337 Å². The smallest absolute Gasteiger partial charge is 0.329 e. The minimum atomic E-state index is -2.86. The molecule has 0 radical (unpaired) electrons. The summed E-state index contributed by atoms with van der Waals surface area (Å²) in [5.74, 6) is 5.83. The van der Waals surface area contributed by atoms with Crippen LogP contribution >= 0.6 is 0 Å². The van der Waals surface area contributed by atoms with Crippen LogP contribution in [0.3, 0.4) is 0 Å². The molecular weight excluding hydrogens is 765 g/mol. The van der Waals surface area contributed by atoms with Crippen LogP contribution in [-0.2, 0) is 21.4 Å². The molecule has 1 aliphatic carbocycles. The lowest BCUT2D eigenvalue weighted by atomic mass is 9.85. The molecule has 1 saturated carbocycles. The van der Waals surface area contributed by atoms with Crippen molar-refractivity contribution in [2.24, 2.45) is 13.0 Å². The first-order valence-electron chi connectivity index (χ1n) is 20.2. The van der Waals surface area contributed by atoms with Crippen molar-refractivity contribution in [1.29, 1.82) is 0 Å². The number of alkyl halides is 2.